The fourth-order valence-corrected chi connectivity index (χ4v) is 1.66. The van der Waals surface area contributed by atoms with E-state index in [9.17, 15) is 5.11 Å². The Kier molecular flexibility index (Phi) is 5.58. The van der Waals surface area contributed by atoms with Crippen LogP contribution in [-0.4, -0.2) is 45.6 Å². The van der Waals surface area contributed by atoms with Gasteiger partial charge >= 0.3 is 0 Å². The van der Waals surface area contributed by atoms with Crippen molar-refractivity contribution in [3.63, 3.8) is 0 Å². The molecule has 0 aliphatic rings. The summed E-state index contributed by atoms with van der Waals surface area (Å²) in [5.41, 5.74) is 1.81. The lowest BCUT2D eigenvalue weighted by molar-refractivity contribution is 0.275. The van der Waals surface area contributed by atoms with Gasteiger partial charge in [-0.3, -0.25) is 0 Å². The molecule has 1 rings (SSSR count). The highest BCUT2D eigenvalue weighted by molar-refractivity contribution is 5.09. The number of hydrogen-bond donors (Lipinski definition) is 1. The molecule has 0 amide bonds. The van der Waals surface area contributed by atoms with Gasteiger partial charge in [-0.1, -0.05) is 19.1 Å². The quantitative estimate of drug-likeness (QED) is 0.770. The van der Waals surface area contributed by atoms with Crippen LogP contribution in [-0.2, 0) is 19.6 Å². The van der Waals surface area contributed by atoms with Gasteiger partial charge in [0.25, 0.3) is 0 Å². The second-order valence-electron chi connectivity index (χ2n) is 5.10. The first kappa shape index (κ1) is 14.1. The maximum atomic E-state index is 9.25. The zero-order valence-electron chi connectivity index (χ0n) is 11.3. The lowest BCUT2D eigenvalue weighted by Gasteiger charge is -2.12. The molecular formula is C12H24N4O. The molecule has 1 aromatic heterocycles. The Bertz CT molecular complexity index is 333. The Hall–Kier alpha value is -0.940. The molecule has 0 fully saturated rings. The van der Waals surface area contributed by atoms with Crippen molar-refractivity contribution in [3.8, 4) is 0 Å². The van der Waals surface area contributed by atoms with Crippen LogP contribution < -0.4 is 0 Å². The molecular weight excluding hydrogens is 216 g/mol. The number of hydrogen-bond acceptors (Lipinski definition) is 4. The molecule has 0 spiro atoms. The minimum absolute atomic E-state index is 0.0185. The highest BCUT2D eigenvalue weighted by Crippen LogP contribution is 2.12. The van der Waals surface area contributed by atoms with Crippen LogP contribution in [0.5, 0.6) is 0 Å². The Morgan fingerprint density at radius 2 is 2.06 bits per heavy atom. The van der Waals surface area contributed by atoms with E-state index in [-0.39, 0.29) is 6.61 Å². The average molecular weight is 240 g/mol. The van der Waals surface area contributed by atoms with Gasteiger partial charge in [0.2, 0.25) is 0 Å². The third-order valence-electron chi connectivity index (χ3n) is 2.79. The molecule has 0 aliphatic carbocycles. The van der Waals surface area contributed by atoms with E-state index >= 15 is 0 Å². The maximum absolute atomic E-state index is 9.25. The highest BCUT2D eigenvalue weighted by Gasteiger charge is 2.12. The third-order valence-corrected chi connectivity index (χ3v) is 2.79. The predicted octanol–water partition coefficient (Wildman–Crippen LogP) is 0.921. The molecule has 1 heterocycles. The van der Waals surface area contributed by atoms with Gasteiger partial charge in [-0.05, 0) is 32.9 Å². The number of likely N-dealkylation sites (N-methyl/N-ethyl adjacent to an activating group) is 1. The van der Waals surface area contributed by atoms with Crippen LogP contribution in [0.2, 0.25) is 0 Å². The predicted molar refractivity (Wildman–Crippen MR) is 67.7 cm³/mol. The minimum atomic E-state index is -0.0185. The van der Waals surface area contributed by atoms with Crippen LogP contribution in [0.15, 0.2) is 0 Å². The van der Waals surface area contributed by atoms with Crippen molar-refractivity contribution < 1.29 is 5.11 Å². The second kappa shape index (κ2) is 6.71. The van der Waals surface area contributed by atoms with E-state index in [1.807, 2.05) is 18.8 Å². The number of aliphatic hydroxyl groups excluding tert-OH is 1. The number of nitrogens with zero attached hydrogens (tertiary/aromatic N) is 4. The molecule has 17 heavy (non-hydrogen) atoms. The van der Waals surface area contributed by atoms with Crippen molar-refractivity contribution in [1.82, 2.24) is 19.9 Å². The Morgan fingerprint density at radius 3 is 2.59 bits per heavy atom. The molecule has 5 heteroatoms. The molecule has 0 aliphatic heterocycles. The van der Waals surface area contributed by atoms with Crippen molar-refractivity contribution in [1.29, 1.82) is 0 Å². The van der Waals surface area contributed by atoms with Gasteiger partial charge in [-0.15, -0.1) is 5.10 Å². The molecule has 0 atom stereocenters. The minimum Gasteiger partial charge on any atom is -0.390 e. The summed E-state index contributed by atoms with van der Waals surface area (Å²) in [5, 5.41) is 17.4. The average Bonchev–Trinajstić information content (AvgIpc) is 2.65. The van der Waals surface area contributed by atoms with E-state index in [4.69, 9.17) is 0 Å². The molecule has 0 unspecified atom stereocenters. The number of aliphatic hydroxyl groups is 1. The largest absolute Gasteiger partial charge is 0.390 e. The normalized spacial score (nSPS) is 11.7. The Labute approximate surface area is 103 Å². The first-order valence-electron chi connectivity index (χ1n) is 6.21. The van der Waals surface area contributed by atoms with Gasteiger partial charge in [-0.25, -0.2) is 4.68 Å². The highest BCUT2D eigenvalue weighted by atomic mass is 16.3. The van der Waals surface area contributed by atoms with Gasteiger partial charge in [0.1, 0.15) is 5.69 Å². The zero-order valence-corrected chi connectivity index (χ0v) is 11.3. The number of rotatable bonds is 7. The summed E-state index contributed by atoms with van der Waals surface area (Å²) < 4.78 is 1.92. The Balaban J connectivity index is 2.71. The molecule has 0 bridgehead atoms. The maximum Gasteiger partial charge on any atom is 0.111 e. The van der Waals surface area contributed by atoms with E-state index in [2.05, 4.69) is 29.1 Å². The monoisotopic (exact) mass is 240 g/mol. The van der Waals surface area contributed by atoms with E-state index in [0.717, 1.165) is 37.3 Å². The molecule has 0 aromatic carbocycles. The van der Waals surface area contributed by atoms with Crippen LogP contribution in [0.1, 0.15) is 31.7 Å². The van der Waals surface area contributed by atoms with Crippen molar-refractivity contribution in [2.75, 3.05) is 20.6 Å². The molecule has 0 radical (unpaired) electrons. The van der Waals surface area contributed by atoms with Crippen molar-refractivity contribution in [2.24, 2.45) is 5.92 Å². The summed E-state index contributed by atoms with van der Waals surface area (Å²) in [7, 11) is 4.08. The first-order valence-corrected chi connectivity index (χ1v) is 6.21. The molecule has 1 N–H and O–H groups in total. The lowest BCUT2D eigenvalue weighted by Crippen LogP contribution is -2.20. The van der Waals surface area contributed by atoms with Crippen LogP contribution in [0, 0.1) is 5.92 Å². The SMILES string of the molecule is CC(C)CCc1c(CO)nnn1CCN(C)C. The number of aromatic nitrogens is 3. The first-order chi connectivity index (χ1) is 8.04. The summed E-state index contributed by atoms with van der Waals surface area (Å²) in [6.45, 7) is 6.14. The van der Waals surface area contributed by atoms with E-state index in [1.54, 1.807) is 0 Å². The van der Waals surface area contributed by atoms with E-state index < -0.39 is 0 Å². The van der Waals surface area contributed by atoms with Gasteiger partial charge < -0.3 is 10.0 Å². The zero-order chi connectivity index (χ0) is 12.8. The standard InChI is InChI=1S/C12H24N4O/c1-10(2)5-6-12-11(9-17)13-14-16(12)8-7-15(3)4/h10,17H,5-9H2,1-4H3. The third kappa shape index (κ3) is 4.44. The molecule has 1 aromatic rings. The molecule has 0 saturated heterocycles. The second-order valence-corrected chi connectivity index (χ2v) is 5.10. The van der Waals surface area contributed by atoms with Crippen LogP contribution in [0.25, 0.3) is 0 Å². The summed E-state index contributed by atoms with van der Waals surface area (Å²) >= 11 is 0. The van der Waals surface area contributed by atoms with E-state index in [1.165, 1.54) is 0 Å². The smallest absolute Gasteiger partial charge is 0.111 e. The van der Waals surface area contributed by atoms with Crippen molar-refractivity contribution >= 4 is 0 Å². The van der Waals surface area contributed by atoms with Crippen molar-refractivity contribution in [3.05, 3.63) is 11.4 Å². The fraction of sp³-hybridized carbons (Fsp3) is 0.833. The lowest BCUT2D eigenvalue weighted by atomic mass is 10.1. The van der Waals surface area contributed by atoms with Gasteiger partial charge in [0, 0.05) is 6.54 Å². The summed E-state index contributed by atoms with van der Waals surface area (Å²) in [4.78, 5) is 2.12. The topological polar surface area (TPSA) is 54.2 Å². The summed E-state index contributed by atoms with van der Waals surface area (Å²) in [6.07, 6.45) is 2.04. The molecule has 0 saturated carbocycles. The fourth-order valence-electron chi connectivity index (χ4n) is 1.66. The van der Waals surface area contributed by atoms with Crippen molar-refractivity contribution in [2.45, 2.75) is 39.8 Å². The van der Waals surface area contributed by atoms with Gasteiger partial charge in [0.15, 0.2) is 0 Å². The van der Waals surface area contributed by atoms with Crippen LogP contribution >= 0.6 is 0 Å². The summed E-state index contributed by atoms with van der Waals surface area (Å²) in [6, 6.07) is 0. The molecule has 98 valence electrons. The van der Waals surface area contributed by atoms with E-state index in [0.29, 0.717) is 5.92 Å². The molecule has 5 nitrogen and oxygen atoms in total. The Morgan fingerprint density at radius 1 is 1.35 bits per heavy atom. The van der Waals surface area contributed by atoms with Gasteiger partial charge in [-0.2, -0.15) is 0 Å². The van der Waals surface area contributed by atoms with Crippen LogP contribution in [0.4, 0.5) is 0 Å². The summed E-state index contributed by atoms with van der Waals surface area (Å²) in [5.74, 6) is 0.652. The van der Waals surface area contributed by atoms with Gasteiger partial charge in [0.05, 0.1) is 18.8 Å². The van der Waals surface area contributed by atoms with Crippen LogP contribution in [0.3, 0.4) is 0 Å².